The summed E-state index contributed by atoms with van der Waals surface area (Å²) in [4.78, 5) is 9.96. The molecule has 0 unspecified atom stereocenters. The number of carboxylic acids is 1. The molecule has 16 heavy (non-hydrogen) atoms. The molecule has 0 radical (unpaired) electrons. The Kier molecular flexibility index (Phi) is 18.8. The van der Waals surface area contributed by atoms with E-state index in [1.54, 1.807) is 0 Å². The Labute approximate surface area is 101 Å². The number of nitrogens with one attached hydrogen (secondary N) is 1. The summed E-state index contributed by atoms with van der Waals surface area (Å²) in [5, 5.41) is 11.5. The molecule has 0 aliphatic heterocycles. The van der Waals surface area contributed by atoms with Crippen LogP contribution in [0.4, 0.5) is 0 Å². The van der Waals surface area contributed by atoms with E-state index in [4.69, 9.17) is 5.11 Å². The molecule has 3 nitrogen and oxygen atoms in total. The van der Waals surface area contributed by atoms with Crippen LogP contribution in [0.2, 0.25) is 0 Å². The van der Waals surface area contributed by atoms with Crippen molar-refractivity contribution in [1.82, 2.24) is 5.32 Å². The topological polar surface area (TPSA) is 49.3 Å². The predicted molar refractivity (Wildman–Crippen MR) is 69.8 cm³/mol. The molecule has 0 heterocycles. The Morgan fingerprint density at radius 1 is 0.938 bits per heavy atom. The lowest BCUT2D eigenvalue weighted by Crippen LogP contribution is -2.14. The second kappa shape index (κ2) is 16.8. The molecule has 0 bridgehead atoms. The summed E-state index contributed by atoms with van der Waals surface area (Å²) in [6.45, 7) is 8.83. The highest BCUT2D eigenvalue weighted by atomic mass is 16.4. The van der Waals surface area contributed by atoms with Gasteiger partial charge in [0.15, 0.2) is 0 Å². The summed E-state index contributed by atoms with van der Waals surface area (Å²) in [5.74, 6) is -0.675. The van der Waals surface area contributed by atoms with Gasteiger partial charge in [0, 0.05) is 6.42 Å². The first kappa shape index (κ1) is 17.8. The standard InChI is InChI=1S/C7H14O2.C6H15N/c1-2-3-4-5-6-7(8)9;1-3-5-7-6-4-2/h2-6H2,1H3,(H,8,9);7H,3-6H2,1-2H3. The molecule has 3 heteroatoms. The van der Waals surface area contributed by atoms with Gasteiger partial charge in [-0.25, -0.2) is 0 Å². The van der Waals surface area contributed by atoms with Gasteiger partial charge in [-0.3, -0.25) is 4.79 Å². The van der Waals surface area contributed by atoms with Crippen molar-refractivity contribution in [1.29, 1.82) is 0 Å². The SMILES string of the molecule is CCCCCCC(=O)O.CCCNCCC. The highest BCUT2D eigenvalue weighted by Gasteiger charge is 1.93. The molecule has 98 valence electrons. The van der Waals surface area contributed by atoms with E-state index in [0.29, 0.717) is 6.42 Å². The Hall–Kier alpha value is -0.570. The van der Waals surface area contributed by atoms with Gasteiger partial charge in [0.1, 0.15) is 0 Å². The van der Waals surface area contributed by atoms with Crippen LogP contribution >= 0.6 is 0 Å². The summed E-state index contributed by atoms with van der Waals surface area (Å²) < 4.78 is 0. The zero-order chi connectivity index (χ0) is 12.6. The third-order valence-electron chi connectivity index (χ3n) is 2.10. The fraction of sp³-hybridized carbons (Fsp3) is 0.923. The van der Waals surface area contributed by atoms with Crippen molar-refractivity contribution in [2.45, 2.75) is 65.7 Å². The van der Waals surface area contributed by atoms with Crippen LogP contribution in [0.5, 0.6) is 0 Å². The van der Waals surface area contributed by atoms with E-state index < -0.39 is 5.97 Å². The Balaban J connectivity index is 0. The summed E-state index contributed by atoms with van der Waals surface area (Å²) in [5.41, 5.74) is 0. The van der Waals surface area contributed by atoms with Crippen molar-refractivity contribution in [2.75, 3.05) is 13.1 Å². The van der Waals surface area contributed by atoms with E-state index in [1.165, 1.54) is 32.4 Å². The van der Waals surface area contributed by atoms with Crippen LogP contribution in [-0.2, 0) is 4.79 Å². The van der Waals surface area contributed by atoms with Crippen LogP contribution < -0.4 is 5.32 Å². The van der Waals surface area contributed by atoms with Gasteiger partial charge in [0.25, 0.3) is 0 Å². The highest BCUT2D eigenvalue weighted by molar-refractivity contribution is 5.66. The van der Waals surface area contributed by atoms with Crippen molar-refractivity contribution >= 4 is 5.97 Å². The lowest BCUT2D eigenvalue weighted by Gasteiger charge is -1.95. The molecule has 2 N–H and O–H groups in total. The van der Waals surface area contributed by atoms with E-state index in [2.05, 4.69) is 26.1 Å². The number of unbranched alkanes of at least 4 members (excludes halogenated alkanes) is 3. The van der Waals surface area contributed by atoms with E-state index in [-0.39, 0.29) is 0 Å². The van der Waals surface area contributed by atoms with Gasteiger partial charge in [-0.05, 0) is 32.4 Å². The molecular weight excluding hydrogens is 202 g/mol. The minimum atomic E-state index is -0.675. The van der Waals surface area contributed by atoms with Crippen LogP contribution in [0.1, 0.15) is 65.7 Å². The minimum Gasteiger partial charge on any atom is -0.481 e. The van der Waals surface area contributed by atoms with E-state index in [1.807, 2.05) is 0 Å². The normalized spacial score (nSPS) is 9.44. The zero-order valence-corrected chi connectivity index (χ0v) is 11.2. The molecule has 0 aromatic heterocycles. The average molecular weight is 231 g/mol. The van der Waals surface area contributed by atoms with Gasteiger partial charge >= 0.3 is 5.97 Å². The summed E-state index contributed by atoms with van der Waals surface area (Å²) in [6.07, 6.45) is 7.05. The number of aliphatic carboxylic acids is 1. The Morgan fingerprint density at radius 2 is 1.50 bits per heavy atom. The largest absolute Gasteiger partial charge is 0.481 e. The van der Waals surface area contributed by atoms with Crippen molar-refractivity contribution in [3.63, 3.8) is 0 Å². The molecule has 0 atom stereocenters. The number of hydrogen-bond acceptors (Lipinski definition) is 2. The van der Waals surface area contributed by atoms with Gasteiger partial charge in [0.2, 0.25) is 0 Å². The average Bonchev–Trinajstić information content (AvgIpc) is 2.26. The molecule has 0 amide bonds. The summed E-state index contributed by atoms with van der Waals surface area (Å²) >= 11 is 0. The maximum Gasteiger partial charge on any atom is 0.303 e. The second-order valence-corrected chi connectivity index (χ2v) is 3.95. The molecule has 0 aliphatic carbocycles. The number of hydrogen-bond donors (Lipinski definition) is 2. The first-order valence-electron chi connectivity index (χ1n) is 6.61. The molecule has 0 saturated carbocycles. The molecule has 0 spiro atoms. The Bertz CT molecular complexity index is 134. The lowest BCUT2D eigenvalue weighted by atomic mass is 10.2. The maximum absolute atomic E-state index is 9.96. The molecular formula is C13H29NO2. The fourth-order valence-electron chi connectivity index (χ4n) is 1.18. The van der Waals surface area contributed by atoms with E-state index in [9.17, 15) is 4.79 Å². The van der Waals surface area contributed by atoms with Gasteiger partial charge in [-0.2, -0.15) is 0 Å². The first-order valence-corrected chi connectivity index (χ1v) is 6.61. The zero-order valence-electron chi connectivity index (χ0n) is 11.2. The first-order chi connectivity index (χ1) is 7.68. The van der Waals surface area contributed by atoms with Gasteiger partial charge in [0.05, 0.1) is 0 Å². The number of rotatable bonds is 9. The van der Waals surface area contributed by atoms with E-state index >= 15 is 0 Å². The molecule has 0 aromatic carbocycles. The lowest BCUT2D eigenvalue weighted by molar-refractivity contribution is -0.137. The number of carbonyl (C=O) groups is 1. The van der Waals surface area contributed by atoms with E-state index in [0.717, 1.165) is 19.3 Å². The third-order valence-corrected chi connectivity index (χ3v) is 2.10. The third kappa shape index (κ3) is 23.3. The van der Waals surface area contributed by atoms with Crippen LogP contribution in [0.15, 0.2) is 0 Å². The van der Waals surface area contributed by atoms with Crippen molar-refractivity contribution in [2.24, 2.45) is 0 Å². The smallest absolute Gasteiger partial charge is 0.303 e. The Morgan fingerprint density at radius 3 is 1.88 bits per heavy atom. The van der Waals surface area contributed by atoms with Gasteiger partial charge in [-0.1, -0.05) is 40.0 Å². The molecule has 0 aromatic rings. The van der Waals surface area contributed by atoms with Crippen molar-refractivity contribution in [3.05, 3.63) is 0 Å². The summed E-state index contributed by atoms with van der Waals surface area (Å²) in [7, 11) is 0. The number of carboxylic acid groups (broad SMARTS) is 1. The molecule has 0 rings (SSSR count). The van der Waals surface area contributed by atoms with Gasteiger partial charge in [-0.15, -0.1) is 0 Å². The molecule has 0 aliphatic rings. The van der Waals surface area contributed by atoms with Crippen LogP contribution in [-0.4, -0.2) is 24.2 Å². The maximum atomic E-state index is 9.96. The minimum absolute atomic E-state index is 0.333. The van der Waals surface area contributed by atoms with Crippen molar-refractivity contribution < 1.29 is 9.90 Å². The molecule has 0 saturated heterocycles. The fourth-order valence-corrected chi connectivity index (χ4v) is 1.18. The van der Waals surface area contributed by atoms with Crippen LogP contribution in [0.3, 0.4) is 0 Å². The van der Waals surface area contributed by atoms with Crippen LogP contribution in [0, 0.1) is 0 Å². The monoisotopic (exact) mass is 231 g/mol. The van der Waals surface area contributed by atoms with Crippen LogP contribution in [0.25, 0.3) is 0 Å². The highest BCUT2D eigenvalue weighted by Crippen LogP contribution is 2.01. The second-order valence-electron chi connectivity index (χ2n) is 3.95. The van der Waals surface area contributed by atoms with Gasteiger partial charge < -0.3 is 10.4 Å². The predicted octanol–water partition coefficient (Wildman–Crippen LogP) is 3.44. The quantitative estimate of drug-likeness (QED) is 0.598. The van der Waals surface area contributed by atoms with Crippen molar-refractivity contribution in [3.8, 4) is 0 Å². The molecule has 0 fully saturated rings. The summed E-state index contributed by atoms with van der Waals surface area (Å²) in [6, 6.07) is 0.